The van der Waals surface area contributed by atoms with Gasteiger partial charge in [-0.25, -0.2) is 8.78 Å². The van der Waals surface area contributed by atoms with Gasteiger partial charge in [-0.05, 0) is 24.1 Å². The van der Waals surface area contributed by atoms with E-state index in [4.69, 9.17) is 0 Å². The number of nitrogens with zero attached hydrogens (tertiary/aromatic N) is 3. The van der Waals surface area contributed by atoms with Crippen LogP contribution in [0.2, 0.25) is 0 Å². The van der Waals surface area contributed by atoms with E-state index < -0.39 is 0 Å². The number of pyridine rings is 1. The molecule has 0 saturated carbocycles. The fourth-order valence-corrected chi connectivity index (χ4v) is 3.79. The van der Waals surface area contributed by atoms with E-state index in [2.05, 4.69) is 14.8 Å². The van der Waals surface area contributed by atoms with Gasteiger partial charge in [-0.15, -0.1) is 0 Å². The van der Waals surface area contributed by atoms with E-state index in [1.54, 1.807) is 18.3 Å². The van der Waals surface area contributed by atoms with Crippen molar-refractivity contribution in [1.82, 2.24) is 14.8 Å². The molecule has 2 unspecified atom stereocenters. The molecule has 4 heterocycles. The molecule has 0 spiro atoms. The maximum atomic E-state index is 13.8. The second-order valence-corrected chi connectivity index (χ2v) is 6.51. The molecule has 3 nitrogen and oxygen atoms in total. The van der Waals surface area contributed by atoms with Crippen molar-refractivity contribution < 1.29 is 8.78 Å². The Balaban J connectivity index is 1.38. The van der Waals surface area contributed by atoms with E-state index in [9.17, 15) is 8.78 Å². The minimum absolute atomic E-state index is 0.125. The van der Waals surface area contributed by atoms with Crippen LogP contribution in [0.1, 0.15) is 17.5 Å². The van der Waals surface area contributed by atoms with Crippen molar-refractivity contribution in [1.29, 1.82) is 0 Å². The van der Waals surface area contributed by atoms with Gasteiger partial charge in [0, 0.05) is 50.0 Å². The van der Waals surface area contributed by atoms with Crippen molar-refractivity contribution in [3.05, 3.63) is 65.5 Å². The lowest BCUT2D eigenvalue weighted by Gasteiger charge is -2.56. The number of rotatable bonds is 4. The molecular formula is C18H19F2N3. The predicted molar refractivity (Wildman–Crippen MR) is 83.6 cm³/mol. The van der Waals surface area contributed by atoms with Gasteiger partial charge >= 0.3 is 0 Å². The Labute approximate surface area is 134 Å². The van der Waals surface area contributed by atoms with Crippen LogP contribution in [0.5, 0.6) is 0 Å². The fraction of sp³-hybridized carbons (Fsp3) is 0.389. The number of fused-ring (bicyclic) bond motifs is 2. The number of piperazine rings is 1. The van der Waals surface area contributed by atoms with E-state index >= 15 is 0 Å². The molecule has 3 saturated heterocycles. The van der Waals surface area contributed by atoms with Crippen LogP contribution >= 0.6 is 0 Å². The molecule has 5 rings (SSSR count). The summed E-state index contributed by atoms with van der Waals surface area (Å²) in [6.07, 6.45) is 4.13. The van der Waals surface area contributed by atoms with Gasteiger partial charge < -0.3 is 0 Å². The van der Waals surface area contributed by atoms with Crippen LogP contribution < -0.4 is 0 Å². The summed E-state index contributed by atoms with van der Waals surface area (Å²) < 4.78 is 27.0. The molecule has 3 fully saturated rings. The number of benzene rings is 1. The lowest BCUT2D eigenvalue weighted by molar-refractivity contribution is -0.0779. The van der Waals surface area contributed by atoms with Crippen molar-refractivity contribution >= 4 is 0 Å². The second-order valence-electron chi connectivity index (χ2n) is 6.51. The summed E-state index contributed by atoms with van der Waals surface area (Å²) >= 11 is 0. The molecule has 1 aromatic carbocycles. The highest BCUT2D eigenvalue weighted by molar-refractivity contribution is 5.19. The molecule has 0 N–H and O–H groups in total. The maximum absolute atomic E-state index is 13.8. The van der Waals surface area contributed by atoms with Crippen LogP contribution in [0.3, 0.4) is 0 Å². The molecule has 2 aromatic rings. The van der Waals surface area contributed by atoms with Crippen molar-refractivity contribution in [2.45, 2.75) is 31.6 Å². The molecule has 0 aliphatic carbocycles. The third-order valence-corrected chi connectivity index (χ3v) is 4.90. The molecule has 23 heavy (non-hydrogen) atoms. The molecule has 2 bridgehead atoms. The average Bonchev–Trinajstić information content (AvgIpc) is 2.54. The number of hydrogen-bond donors (Lipinski definition) is 0. The van der Waals surface area contributed by atoms with Gasteiger partial charge in [-0.1, -0.05) is 18.2 Å². The molecule has 0 amide bonds. The molecule has 1 aromatic heterocycles. The van der Waals surface area contributed by atoms with E-state index in [1.165, 1.54) is 18.7 Å². The molecule has 5 heteroatoms. The number of aromatic nitrogens is 1. The van der Waals surface area contributed by atoms with Crippen molar-refractivity contribution in [2.24, 2.45) is 0 Å². The van der Waals surface area contributed by atoms with Crippen molar-refractivity contribution in [3.63, 3.8) is 0 Å². The fourth-order valence-electron chi connectivity index (χ4n) is 3.79. The number of halogens is 2. The first-order chi connectivity index (χ1) is 11.2. The second kappa shape index (κ2) is 5.98. The van der Waals surface area contributed by atoms with Gasteiger partial charge in [0.1, 0.15) is 11.6 Å². The highest BCUT2D eigenvalue weighted by Crippen LogP contribution is 2.34. The molecular weight excluding hydrogens is 296 g/mol. The smallest absolute Gasteiger partial charge is 0.141 e. The van der Waals surface area contributed by atoms with Crippen LogP contribution in [0.15, 0.2) is 42.7 Å². The van der Waals surface area contributed by atoms with Gasteiger partial charge in [-0.2, -0.15) is 0 Å². The lowest BCUT2D eigenvalue weighted by atomic mass is 9.86. The van der Waals surface area contributed by atoms with Crippen LogP contribution in [-0.4, -0.2) is 40.0 Å². The summed E-state index contributed by atoms with van der Waals surface area (Å²) in [5.74, 6) is -0.411. The Kier molecular flexibility index (Phi) is 3.83. The molecule has 2 atom stereocenters. The first kappa shape index (κ1) is 14.7. The van der Waals surface area contributed by atoms with Crippen molar-refractivity contribution in [2.75, 3.05) is 13.1 Å². The molecule has 3 aliphatic heterocycles. The van der Waals surface area contributed by atoms with Gasteiger partial charge in [0.05, 0.1) is 6.20 Å². The van der Waals surface area contributed by atoms with Gasteiger partial charge in [-0.3, -0.25) is 14.8 Å². The third kappa shape index (κ3) is 2.99. The Morgan fingerprint density at radius 3 is 2.57 bits per heavy atom. The zero-order valence-electron chi connectivity index (χ0n) is 12.8. The zero-order chi connectivity index (χ0) is 15.8. The highest BCUT2D eigenvalue weighted by atomic mass is 19.1. The molecule has 3 aliphatic rings. The molecule has 0 radical (unpaired) electrons. The summed E-state index contributed by atoms with van der Waals surface area (Å²) in [4.78, 5) is 8.63. The first-order valence-electron chi connectivity index (χ1n) is 8.00. The topological polar surface area (TPSA) is 19.4 Å². The number of hydrogen-bond acceptors (Lipinski definition) is 3. The zero-order valence-corrected chi connectivity index (χ0v) is 12.8. The van der Waals surface area contributed by atoms with Crippen LogP contribution in [0, 0.1) is 11.6 Å². The van der Waals surface area contributed by atoms with Crippen LogP contribution in [0.4, 0.5) is 8.78 Å². The van der Waals surface area contributed by atoms with E-state index in [0.717, 1.165) is 30.8 Å². The van der Waals surface area contributed by atoms with Crippen LogP contribution in [0.25, 0.3) is 0 Å². The van der Waals surface area contributed by atoms with Crippen LogP contribution in [-0.2, 0) is 13.1 Å². The lowest BCUT2D eigenvalue weighted by Crippen LogP contribution is -2.67. The number of piperidine rings is 1. The summed E-state index contributed by atoms with van der Waals surface area (Å²) in [7, 11) is 0. The summed E-state index contributed by atoms with van der Waals surface area (Å²) in [6.45, 7) is 3.30. The Hall–Kier alpha value is -1.85. The largest absolute Gasteiger partial charge is 0.296 e. The minimum Gasteiger partial charge on any atom is -0.296 e. The summed E-state index contributed by atoms with van der Waals surface area (Å²) in [5.41, 5.74) is 1.68. The van der Waals surface area contributed by atoms with Gasteiger partial charge in [0.25, 0.3) is 0 Å². The van der Waals surface area contributed by atoms with Gasteiger partial charge in [0.2, 0.25) is 0 Å². The third-order valence-electron chi connectivity index (χ3n) is 4.90. The van der Waals surface area contributed by atoms with E-state index in [0.29, 0.717) is 18.6 Å². The van der Waals surface area contributed by atoms with Gasteiger partial charge in [0.15, 0.2) is 0 Å². The Morgan fingerprint density at radius 2 is 1.83 bits per heavy atom. The average molecular weight is 315 g/mol. The first-order valence-corrected chi connectivity index (χ1v) is 8.00. The van der Waals surface area contributed by atoms with E-state index in [1.807, 2.05) is 12.1 Å². The van der Waals surface area contributed by atoms with Crippen molar-refractivity contribution in [3.8, 4) is 0 Å². The Bertz CT molecular complexity index is 694. The quantitative estimate of drug-likeness (QED) is 0.865. The summed E-state index contributed by atoms with van der Waals surface area (Å²) in [6, 6.07) is 9.48. The SMILES string of the molecule is Fc1cncc(CN2CC3CC(C2)N3Cc2ccccc2F)c1. The monoisotopic (exact) mass is 315 g/mol. The summed E-state index contributed by atoms with van der Waals surface area (Å²) in [5, 5.41) is 0. The highest BCUT2D eigenvalue weighted by Gasteiger charge is 2.44. The normalized spacial score (nSPS) is 24.4. The predicted octanol–water partition coefficient (Wildman–Crippen LogP) is 2.82. The molecule has 120 valence electrons. The minimum atomic E-state index is -0.286. The maximum Gasteiger partial charge on any atom is 0.141 e. The Morgan fingerprint density at radius 1 is 1.04 bits per heavy atom. The standard InChI is InChI=1S/C18H19F2N3/c19-15-5-13(7-21-8-15)9-22-11-16-6-17(12-22)23(16)10-14-3-1-2-4-18(14)20/h1-5,7-8,16-17H,6,9-12H2. The van der Waals surface area contributed by atoms with E-state index in [-0.39, 0.29) is 11.6 Å².